The van der Waals surface area contributed by atoms with Crippen LogP contribution in [-0.4, -0.2) is 58.6 Å². The molecule has 0 aromatic heterocycles. The number of hydrogen-bond acceptors (Lipinski definition) is 6. The van der Waals surface area contributed by atoms with Crippen LogP contribution in [0, 0.1) is 11.8 Å². The Bertz CT molecular complexity index is 810. The number of nitrogens with one attached hydrogen (secondary N) is 3. The average molecular weight is 465 g/mol. The third-order valence-corrected chi connectivity index (χ3v) is 4.83. The van der Waals surface area contributed by atoms with E-state index in [0.717, 1.165) is 0 Å². The average Bonchev–Trinajstić information content (AvgIpc) is 2.71. The summed E-state index contributed by atoms with van der Waals surface area (Å²) in [4.78, 5) is 49.0. The second-order valence-corrected chi connectivity index (χ2v) is 8.97. The van der Waals surface area contributed by atoms with Crippen molar-refractivity contribution in [2.75, 3.05) is 6.54 Å². The van der Waals surface area contributed by atoms with Gasteiger partial charge in [0.05, 0.1) is 6.04 Å². The molecule has 10 heteroatoms. The van der Waals surface area contributed by atoms with E-state index in [1.54, 1.807) is 12.1 Å². The van der Waals surface area contributed by atoms with Gasteiger partial charge in [0.2, 0.25) is 17.7 Å². The van der Waals surface area contributed by atoms with Crippen molar-refractivity contribution < 1.29 is 29.4 Å². The Morgan fingerprint density at radius 3 is 1.91 bits per heavy atom. The Balaban J connectivity index is 3.01. The van der Waals surface area contributed by atoms with Crippen molar-refractivity contribution in [2.24, 2.45) is 17.6 Å². The number of nitrogens with two attached hydrogens (primary N) is 1. The molecule has 0 saturated carbocycles. The number of carbonyl (C=O) groups is 4. The van der Waals surface area contributed by atoms with Crippen LogP contribution >= 0.6 is 0 Å². The van der Waals surface area contributed by atoms with Crippen LogP contribution in [0.1, 0.15) is 46.1 Å². The fourth-order valence-corrected chi connectivity index (χ4v) is 3.23. The molecule has 184 valence electrons. The molecule has 10 nitrogen and oxygen atoms in total. The predicted octanol–water partition coefficient (Wildman–Crippen LogP) is 0.525. The van der Waals surface area contributed by atoms with Gasteiger partial charge in [0.25, 0.3) is 0 Å². The molecule has 0 bridgehead atoms. The molecule has 0 aliphatic rings. The number of carboxylic acid groups (broad SMARTS) is 1. The van der Waals surface area contributed by atoms with Crippen LogP contribution in [0.4, 0.5) is 0 Å². The fraction of sp³-hybridized carbons (Fsp3) is 0.565. The lowest BCUT2D eigenvalue weighted by molar-refractivity contribution is -0.138. The van der Waals surface area contributed by atoms with Gasteiger partial charge in [-0.2, -0.15) is 0 Å². The molecule has 1 aromatic rings. The minimum absolute atomic E-state index is 0.0483. The van der Waals surface area contributed by atoms with Crippen molar-refractivity contribution in [3.63, 3.8) is 0 Å². The van der Waals surface area contributed by atoms with E-state index in [2.05, 4.69) is 16.0 Å². The van der Waals surface area contributed by atoms with Gasteiger partial charge in [0, 0.05) is 6.42 Å². The maximum Gasteiger partial charge on any atom is 0.322 e. The SMILES string of the molecule is CC(C)CC(N)C(=O)NC(CC(C)C)C(=O)NC(Cc1ccc(O)cc1)C(=O)NCC(=O)O. The van der Waals surface area contributed by atoms with Crippen LogP contribution in [0.2, 0.25) is 0 Å². The molecule has 0 aliphatic heterocycles. The number of amides is 3. The molecule has 3 amide bonds. The van der Waals surface area contributed by atoms with Gasteiger partial charge in [-0.1, -0.05) is 39.8 Å². The van der Waals surface area contributed by atoms with Crippen LogP contribution < -0.4 is 21.7 Å². The Labute approximate surface area is 194 Å². The van der Waals surface area contributed by atoms with Crippen LogP contribution in [-0.2, 0) is 25.6 Å². The summed E-state index contributed by atoms with van der Waals surface area (Å²) in [6.45, 7) is 7.07. The van der Waals surface area contributed by atoms with E-state index >= 15 is 0 Å². The number of phenols is 1. The highest BCUT2D eigenvalue weighted by atomic mass is 16.4. The molecule has 0 saturated heterocycles. The smallest absolute Gasteiger partial charge is 0.322 e. The van der Waals surface area contributed by atoms with Crippen LogP contribution in [0.3, 0.4) is 0 Å². The van der Waals surface area contributed by atoms with Crippen molar-refractivity contribution in [3.8, 4) is 5.75 Å². The second-order valence-electron chi connectivity index (χ2n) is 8.97. The highest BCUT2D eigenvalue weighted by Gasteiger charge is 2.29. The summed E-state index contributed by atoms with van der Waals surface area (Å²) in [5, 5.41) is 25.9. The van der Waals surface area contributed by atoms with Gasteiger partial charge in [0.1, 0.15) is 24.4 Å². The normalized spacial score (nSPS) is 13.8. The largest absolute Gasteiger partial charge is 0.508 e. The molecule has 0 fully saturated rings. The number of rotatable bonds is 13. The molecule has 3 unspecified atom stereocenters. The Morgan fingerprint density at radius 1 is 0.848 bits per heavy atom. The number of benzene rings is 1. The van der Waals surface area contributed by atoms with Gasteiger partial charge in [-0.3, -0.25) is 19.2 Å². The third kappa shape index (κ3) is 10.8. The van der Waals surface area contributed by atoms with Crippen molar-refractivity contribution in [1.29, 1.82) is 0 Å². The Morgan fingerprint density at radius 2 is 1.39 bits per heavy atom. The first kappa shape index (κ1) is 27.9. The van der Waals surface area contributed by atoms with Crippen molar-refractivity contribution in [3.05, 3.63) is 29.8 Å². The van der Waals surface area contributed by atoms with E-state index in [9.17, 15) is 24.3 Å². The summed E-state index contributed by atoms with van der Waals surface area (Å²) in [5.41, 5.74) is 6.59. The Kier molecular flexibility index (Phi) is 11.3. The molecule has 0 aliphatic carbocycles. The third-order valence-electron chi connectivity index (χ3n) is 4.83. The number of hydrogen-bond donors (Lipinski definition) is 6. The quantitative estimate of drug-likeness (QED) is 0.247. The summed E-state index contributed by atoms with van der Waals surface area (Å²) >= 11 is 0. The number of carbonyl (C=O) groups excluding carboxylic acids is 3. The molecule has 0 radical (unpaired) electrons. The van der Waals surface area contributed by atoms with Crippen LogP contribution in [0.15, 0.2) is 24.3 Å². The summed E-state index contributed by atoms with van der Waals surface area (Å²) in [6.07, 6.45) is 0.851. The lowest BCUT2D eigenvalue weighted by Gasteiger charge is -2.25. The number of aliphatic carboxylic acids is 1. The summed E-state index contributed by atoms with van der Waals surface area (Å²) in [6, 6.07) is 3.32. The fourth-order valence-electron chi connectivity index (χ4n) is 3.23. The van der Waals surface area contributed by atoms with Gasteiger partial charge >= 0.3 is 5.97 Å². The molecule has 7 N–H and O–H groups in total. The van der Waals surface area contributed by atoms with E-state index in [1.807, 2.05) is 27.7 Å². The first-order chi connectivity index (χ1) is 15.4. The summed E-state index contributed by atoms with van der Waals surface area (Å²) in [7, 11) is 0. The van der Waals surface area contributed by atoms with Crippen molar-refractivity contribution in [2.45, 2.75) is 65.1 Å². The van der Waals surface area contributed by atoms with E-state index in [0.29, 0.717) is 18.4 Å². The van der Waals surface area contributed by atoms with Gasteiger partial charge in [0.15, 0.2) is 0 Å². The predicted molar refractivity (Wildman–Crippen MR) is 123 cm³/mol. The second kappa shape index (κ2) is 13.4. The highest BCUT2D eigenvalue weighted by Crippen LogP contribution is 2.13. The first-order valence-corrected chi connectivity index (χ1v) is 11.0. The maximum atomic E-state index is 13.1. The molecule has 33 heavy (non-hydrogen) atoms. The minimum Gasteiger partial charge on any atom is -0.508 e. The van der Waals surface area contributed by atoms with E-state index in [-0.39, 0.29) is 24.0 Å². The summed E-state index contributed by atoms with van der Waals surface area (Å²) < 4.78 is 0. The van der Waals surface area contributed by atoms with Gasteiger partial charge in [-0.05, 0) is 42.4 Å². The Hall–Kier alpha value is -3.14. The van der Waals surface area contributed by atoms with Crippen LogP contribution in [0.5, 0.6) is 5.75 Å². The zero-order valence-corrected chi connectivity index (χ0v) is 19.6. The lowest BCUT2D eigenvalue weighted by atomic mass is 9.99. The molecule has 1 aromatic carbocycles. The van der Waals surface area contributed by atoms with Crippen molar-refractivity contribution >= 4 is 23.7 Å². The monoisotopic (exact) mass is 464 g/mol. The molecule has 1 rings (SSSR count). The molecule has 0 spiro atoms. The molecular formula is C23H36N4O6. The number of carboxylic acids is 1. The van der Waals surface area contributed by atoms with Gasteiger partial charge < -0.3 is 31.9 Å². The zero-order chi connectivity index (χ0) is 25.1. The zero-order valence-electron chi connectivity index (χ0n) is 19.6. The standard InChI is InChI=1S/C23H36N4O6/c1-13(2)9-17(24)21(31)26-18(10-14(3)4)23(33)27-19(22(32)25-12-20(29)30)11-15-5-7-16(28)8-6-15/h5-8,13-14,17-19,28H,9-12,24H2,1-4H3,(H,25,32)(H,26,31)(H,27,33)(H,29,30). The topological polar surface area (TPSA) is 171 Å². The van der Waals surface area contributed by atoms with E-state index < -0.39 is 48.4 Å². The van der Waals surface area contributed by atoms with Gasteiger partial charge in [-0.25, -0.2) is 0 Å². The molecular weight excluding hydrogens is 428 g/mol. The highest BCUT2D eigenvalue weighted by molar-refractivity contribution is 5.93. The molecule has 0 heterocycles. The van der Waals surface area contributed by atoms with Crippen LogP contribution in [0.25, 0.3) is 0 Å². The summed E-state index contributed by atoms with van der Waals surface area (Å²) in [5.74, 6) is -2.59. The first-order valence-electron chi connectivity index (χ1n) is 11.0. The minimum atomic E-state index is -1.22. The molecule has 3 atom stereocenters. The number of phenolic OH excluding ortho intramolecular Hbond substituents is 1. The van der Waals surface area contributed by atoms with E-state index in [4.69, 9.17) is 10.8 Å². The lowest BCUT2D eigenvalue weighted by Crippen LogP contribution is -2.56. The van der Waals surface area contributed by atoms with E-state index in [1.165, 1.54) is 12.1 Å². The van der Waals surface area contributed by atoms with Gasteiger partial charge in [-0.15, -0.1) is 0 Å². The maximum absolute atomic E-state index is 13.1. The number of aromatic hydroxyl groups is 1. The van der Waals surface area contributed by atoms with Crippen molar-refractivity contribution in [1.82, 2.24) is 16.0 Å².